The molecule has 2 aliphatic carbocycles. The maximum Gasteiger partial charge on any atom is 0.309 e. The molecular formula is C46H76N8O6Si2. The van der Waals surface area contributed by atoms with Crippen LogP contribution in [0.2, 0.25) is 51.4 Å². The van der Waals surface area contributed by atoms with Crippen molar-refractivity contribution in [2.75, 3.05) is 37.3 Å². The Morgan fingerprint density at radius 3 is 1.48 bits per heavy atom. The number of rotatable bonds is 15. The van der Waals surface area contributed by atoms with Crippen molar-refractivity contribution in [3.63, 3.8) is 0 Å². The predicted molar refractivity (Wildman–Crippen MR) is 252 cm³/mol. The second-order valence-corrected chi connectivity index (χ2v) is 33.0. The van der Waals surface area contributed by atoms with Crippen LogP contribution in [0.5, 0.6) is 0 Å². The van der Waals surface area contributed by atoms with Gasteiger partial charge in [-0.25, -0.2) is 9.97 Å². The second-order valence-electron chi connectivity index (χ2n) is 21.7. The van der Waals surface area contributed by atoms with Crippen LogP contribution >= 0.6 is 0 Å². The maximum atomic E-state index is 12.6. The third-order valence-electron chi connectivity index (χ3n) is 11.3. The summed E-state index contributed by atoms with van der Waals surface area (Å²) in [5.41, 5.74) is 8.82. The topological polar surface area (TPSA) is 161 Å². The van der Waals surface area contributed by atoms with E-state index in [1.165, 1.54) is 0 Å². The summed E-state index contributed by atoms with van der Waals surface area (Å²) < 4.78 is 27.1. The molecule has 2 fully saturated rings. The van der Waals surface area contributed by atoms with E-state index in [0.717, 1.165) is 105 Å². The minimum Gasteiger partial charge on any atom is -0.460 e. The molecule has 0 bridgehead atoms. The molecule has 4 aromatic rings. The number of hydrogen-bond acceptors (Lipinski definition) is 12. The number of esters is 2. The van der Waals surface area contributed by atoms with Gasteiger partial charge in [0.15, 0.2) is 11.3 Å². The summed E-state index contributed by atoms with van der Waals surface area (Å²) in [4.78, 5) is 36.6. The van der Waals surface area contributed by atoms with Gasteiger partial charge in [0.2, 0.25) is 0 Å². The van der Waals surface area contributed by atoms with E-state index in [1.54, 1.807) is 16.9 Å². The summed E-state index contributed by atoms with van der Waals surface area (Å²) in [5, 5.41) is 8.73. The highest BCUT2D eigenvalue weighted by atomic mass is 28.3. The zero-order valence-corrected chi connectivity index (χ0v) is 41.8. The molecule has 0 aliphatic heterocycles. The number of carbonyl (C=O) groups is 2. The SMILES string of the molecule is CC(C)(C)OC(=O)C1CCC(c2cc(N(COCC[Si](C)(C)C)COCC[Si](C)(C)C)n3nccc3n2)CC1.CC(C)(C)OC(=O)C1CCC(c2cc(N)n3nccc3n2)CC1. The third kappa shape index (κ3) is 15.1. The van der Waals surface area contributed by atoms with Gasteiger partial charge in [0.05, 0.1) is 24.2 Å². The molecule has 0 spiro atoms. The van der Waals surface area contributed by atoms with Gasteiger partial charge in [0.1, 0.15) is 36.3 Å². The highest BCUT2D eigenvalue weighted by Gasteiger charge is 2.33. The van der Waals surface area contributed by atoms with Gasteiger partial charge in [0.25, 0.3) is 0 Å². The number of nitrogens with two attached hydrogens (primary N) is 1. The van der Waals surface area contributed by atoms with E-state index in [9.17, 15) is 9.59 Å². The first-order chi connectivity index (χ1) is 28.9. The van der Waals surface area contributed by atoms with Gasteiger partial charge in [-0.2, -0.15) is 19.2 Å². The van der Waals surface area contributed by atoms with Crippen molar-refractivity contribution in [3.8, 4) is 0 Å². The first-order valence-corrected chi connectivity index (χ1v) is 30.2. The summed E-state index contributed by atoms with van der Waals surface area (Å²) in [5.74, 6) is 2.00. The van der Waals surface area contributed by atoms with Crippen LogP contribution in [-0.2, 0) is 28.5 Å². The molecule has 0 amide bonds. The highest BCUT2D eigenvalue weighted by Crippen LogP contribution is 2.38. The van der Waals surface area contributed by atoms with Crippen molar-refractivity contribution >= 4 is 51.0 Å². The first-order valence-electron chi connectivity index (χ1n) is 22.8. The van der Waals surface area contributed by atoms with Gasteiger partial charge in [0, 0.05) is 76.9 Å². The minimum absolute atomic E-state index is 0.00141. The maximum absolute atomic E-state index is 12.6. The van der Waals surface area contributed by atoms with E-state index in [4.69, 9.17) is 29.7 Å². The molecule has 62 heavy (non-hydrogen) atoms. The molecule has 0 unspecified atom stereocenters. The fourth-order valence-electron chi connectivity index (χ4n) is 7.81. The molecule has 6 rings (SSSR count). The summed E-state index contributed by atoms with van der Waals surface area (Å²) in [7, 11) is -2.37. The molecule has 0 atom stereocenters. The molecule has 2 N–H and O–H groups in total. The van der Waals surface area contributed by atoms with Gasteiger partial charge in [-0.1, -0.05) is 39.3 Å². The van der Waals surface area contributed by atoms with Crippen LogP contribution in [0.15, 0.2) is 36.7 Å². The van der Waals surface area contributed by atoms with Crippen LogP contribution in [0.1, 0.15) is 116 Å². The van der Waals surface area contributed by atoms with Crippen LogP contribution < -0.4 is 10.6 Å². The fourth-order valence-corrected chi connectivity index (χ4v) is 9.33. The highest BCUT2D eigenvalue weighted by molar-refractivity contribution is 6.76. The predicted octanol–water partition coefficient (Wildman–Crippen LogP) is 9.70. The largest absolute Gasteiger partial charge is 0.460 e. The molecule has 4 aromatic heterocycles. The summed E-state index contributed by atoms with van der Waals surface area (Å²) in [6.45, 7) is 28.1. The molecule has 2 saturated carbocycles. The molecular weight excluding hydrogens is 817 g/mol. The Hall–Kier alpha value is -3.87. The van der Waals surface area contributed by atoms with Crippen LogP contribution in [0.4, 0.5) is 11.6 Å². The molecule has 4 heterocycles. The van der Waals surface area contributed by atoms with Gasteiger partial charge in [-0.3, -0.25) is 9.59 Å². The first kappa shape index (κ1) is 49.2. The van der Waals surface area contributed by atoms with Crippen molar-refractivity contribution in [2.45, 2.75) is 167 Å². The number of anilines is 2. The van der Waals surface area contributed by atoms with Crippen molar-refractivity contribution in [1.29, 1.82) is 0 Å². The van der Waals surface area contributed by atoms with E-state index >= 15 is 0 Å². The van der Waals surface area contributed by atoms with Gasteiger partial charge in [-0.05, 0) is 105 Å². The number of nitrogens with zero attached hydrogens (tertiary/aromatic N) is 7. The normalized spacial score (nSPS) is 20.1. The van der Waals surface area contributed by atoms with Gasteiger partial charge < -0.3 is 29.6 Å². The molecule has 16 heteroatoms. The summed E-state index contributed by atoms with van der Waals surface area (Å²) in [6.07, 6.45) is 10.5. The van der Waals surface area contributed by atoms with E-state index in [-0.39, 0.29) is 23.8 Å². The van der Waals surface area contributed by atoms with Crippen LogP contribution in [0.25, 0.3) is 11.3 Å². The minimum atomic E-state index is -1.18. The Morgan fingerprint density at radius 2 is 1.06 bits per heavy atom. The summed E-state index contributed by atoms with van der Waals surface area (Å²) >= 11 is 0. The lowest BCUT2D eigenvalue weighted by Gasteiger charge is -2.30. The molecule has 344 valence electrons. The van der Waals surface area contributed by atoms with E-state index in [0.29, 0.717) is 31.1 Å². The molecule has 0 aromatic carbocycles. The zero-order valence-electron chi connectivity index (χ0n) is 39.8. The average molecular weight is 893 g/mol. The number of ether oxygens (including phenoxy) is 4. The van der Waals surface area contributed by atoms with Gasteiger partial charge in [-0.15, -0.1) is 0 Å². The third-order valence-corrected chi connectivity index (χ3v) is 14.8. The number of hydrogen-bond donors (Lipinski definition) is 1. The Labute approximate surface area is 372 Å². The fraction of sp³-hybridized carbons (Fsp3) is 0.696. The quantitative estimate of drug-likeness (QED) is 0.0522. The Bertz CT molecular complexity index is 2040. The molecule has 0 radical (unpaired) electrons. The van der Waals surface area contributed by atoms with Crippen molar-refractivity contribution < 1.29 is 28.5 Å². The molecule has 0 saturated heterocycles. The molecule has 14 nitrogen and oxygen atoms in total. The monoisotopic (exact) mass is 893 g/mol. The number of fused-ring (bicyclic) bond motifs is 2. The van der Waals surface area contributed by atoms with Gasteiger partial charge >= 0.3 is 11.9 Å². The van der Waals surface area contributed by atoms with Crippen LogP contribution in [0.3, 0.4) is 0 Å². The lowest BCUT2D eigenvalue weighted by Crippen LogP contribution is -2.33. The van der Waals surface area contributed by atoms with E-state index in [2.05, 4.69) is 65.4 Å². The van der Waals surface area contributed by atoms with Crippen LogP contribution in [0, 0.1) is 11.8 Å². The van der Waals surface area contributed by atoms with E-state index in [1.807, 2.05) is 64.3 Å². The lowest BCUT2D eigenvalue weighted by atomic mass is 9.80. The smallest absolute Gasteiger partial charge is 0.309 e. The Balaban J connectivity index is 0.000000267. The lowest BCUT2D eigenvalue weighted by molar-refractivity contribution is -0.162. The Morgan fingerprint density at radius 1 is 0.661 bits per heavy atom. The Kier molecular flexibility index (Phi) is 16.5. The van der Waals surface area contributed by atoms with Crippen molar-refractivity contribution in [1.82, 2.24) is 29.2 Å². The molecule has 2 aliphatic rings. The van der Waals surface area contributed by atoms with Crippen molar-refractivity contribution in [3.05, 3.63) is 48.0 Å². The average Bonchev–Trinajstić information content (AvgIpc) is 3.86. The number of nitrogen functional groups attached to an aromatic ring is 1. The number of aromatic nitrogens is 6. The zero-order chi connectivity index (χ0) is 45.5. The second kappa shape index (κ2) is 20.8. The number of carbonyl (C=O) groups excluding carboxylic acids is 2. The van der Waals surface area contributed by atoms with E-state index < -0.39 is 27.3 Å². The van der Waals surface area contributed by atoms with Crippen LogP contribution in [-0.4, -0.2) is 95.2 Å². The summed E-state index contributed by atoms with van der Waals surface area (Å²) in [6, 6.07) is 10.1. The standard InChI is InChI=1S/C29H52N4O4Si2.C17H24N4O2/c1-29(2,3)37-28(34)24-12-10-23(11-13-24)25-20-27(33-26(31-25)14-15-30-33)32(21-35-16-18-38(4,5)6)22-36-17-19-39(7,8)9;1-17(2,3)23-16(22)12-6-4-11(5-7-12)13-10-14(18)21-15(20-13)8-9-19-21/h14-15,20,23-24H,10-13,16-19,21-22H2,1-9H3;8-12H,4-7,18H2,1-3H3. The van der Waals surface area contributed by atoms with Crippen molar-refractivity contribution in [2.24, 2.45) is 11.8 Å².